The van der Waals surface area contributed by atoms with Crippen LogP contribution >= 0.6 is 0 Å². The number of carbonyl (C=O) groups is 1. The molecule has 0 saturated carbocycles. The average Bonchev–Trinajstić information content (AvgIpc) is 2.65. The molecule has 0 fully saturated rings. The van der Waals surface area contributed by atoms with Crippen molar-refractivity contribution in [3.05, 3.63) is 30.3 Å². The van der Waals surface area contributed by atoms with E-state index in [0.29, 0.717) is 5.89 Å². The van der Waals surface area contributed by atoms with E-state index in [4.69, 9.17) is 9.52 Å². The fourth-order valence-electron chi connectivity index (χ4n) is 1.25. The minimum atomic E-state index is -1.18. The van der Waals surface area contributed by atoms with E-state index in [1.807, 2.05) is 6.92 Å². The number of oxazole rings is 1. The van der Waals surface area contributed by atoms with Crippen LogP contribution in [0.3, 0.4) is 0 Å². The Labute approximate surface area is 91.0 Å². The number of pyridine rings is 1. The highest BCUT2D eigenvalue weighted by molar-refractivity contribution is 5.81. The standard InChI is InChI=1S/C10H9N3O3/c1-6-4-7(2-3-11-6)9-12-8(5-16-9)13-10(14)15/h2-5,13H,1H3,(H,14,15). The van der Waals surface area contributed by atoms with Crippen molar-refractivity contribution in [2.45, 2.75) is 6.92 Å². The van der Waals surface area contributed by atoms with Crippen molar-refractivity contribution in [3.8, 4) is 11.5 Å². The molecule has 6 heteroatoms. The topological polar surface area (TPSA) is 88.2 Å². The van der Waals surface area contributed by atoms with E-state index in [0.717, 1.165) is 11.3 Å². The fraction of sp³-hybridized carbons (Fsp3) is 0.100. The number of hydrogen-bond donors (Lipinski definition) is 2. The first-order valence-electron chi connectivity index (χ1n) is 4.53. The Balaban J connectivity index is 2.28. The Hall–Kier alpha value is -2.37. The number of aromatic nitrogens is 2. The van der Waals surface area contributed by atoms with Gasteiger partial charge in [-0.3, -0.25) is 10.3 Å². The number of aryl methyl sites for hydroxylation is 1. The molecule has 82 valence electrons. The van der Waals surface area contributed by atoms with Gasteiger partial charge in [-0.25, -0.2) is 4.79 Å². The van der Waals surface area contributed by atoms with Gasteiger partial charge in [0.25, 0.3) is 0 Å². The van der Waals surface area contributed by atoms with Crippen LogP contribution in [0.5, 0.6) is 0 Å². The molecule has 0 unspecified atom stereocenters. The van der Waals surface area contributed by atoms with Gasteiger partial charge in [-0.05, 0) is 19.1 Å². The number of anilines is 1. The second kappa shape index (κ2) is 4.01. The molecule has 2 aromatic heterocycles. The molecule has 0 aliphatic carbocycles. The second-order valence-electron chi connectivity index (χ2n) is 3.15. The van der Waals surface area contributed by atoms with Crippen molar-refractivity contribution in [1.82, 2.24) is 9.97 Å². The van der Waals surface area contributed by atoms with E-state index in [2.05, 4.69) is 15.3 Å². The highest BCUT2D eigenvalue weighted by Gasteiger charge is 2.08. The summed E-state index contributed by atoms with van der Waals surface area (Å²) in [4.78, 5) is 18.4. The first-order valence-corrected chi connectivity index (χ1v) is 4.53. The summed E-state index contributed by atoms with van der Waals surface area (Å²) in [5, 5.41) is 10.6. The summed E-state index contributed by atoms with van der Waals surface area (Å²) in [6.45, 7) is 1.85. The van der Waals surface area contributed by atoms with Crippen LogP contribution in [-0.2, 0) is 0 Å². The summed E-state index contributed by atoms with van der Waals surface area (Å²) >= 11 is 0. The number of nitrogens with one attached hydrogen (secondary N) is 1. The van der Waals surface area contributed by atoms with Crippen LogP contribution in [0.25, 0.3) is 11.5 Å². The molecule has 0 aromatic carbocycles. The first kappa shape index (κ1) is 10.2. The summed E-state index contributed by atoms with van der Waals surface area (Å²) in [6.07, 6.45) is 1.71. The highest BCUT2D eigenvalue weighted by Crippen LogP contribution is 2.20. The molecule has 1 amide bonds. The van der Waals surface area contributed by atoms with Crippen LogP contribution in [0.2, 0.25) is 0 Å². The van der Waals surface area contributed by atoms with Crippen molar-refractivity contribution in [3.63, 3.8) is 0 Å². The molecule has 16 heavy (non-hydrogen) atoms. The summed E-state index contributed by atoms with van der Waals surface area (Å²) in [6, 6.07) is 3.54. The maximum Gasteiger partial charge on any atom is 0.410 e. The van der Waals surface area contributed by atoms with Gasteiger partial charge in [0.1, 0.15) is 6.26 Å². The van der Waals surface area contributed by atoms with Crippen LogP contribution in [0, 0.1) is 6.92 Å². The lowest BCUT2D eigenvalue weighted by atomic mass is 10.2. The van der Waals surface area contributed by atoms with Crippen LogP contribution in [-0.4, -0.2) is 21.2 Å². The van der Waals surface area contributed by atoms with E-state index in [1.165, 1.54) is 6.26 Å². The molecule has 0 atom stereocenters. The van der Waals surface area contributed by atoms with Gasteiger partial charge in [-0.2, -0.15) is 4.98 Å². The van der Waals surface area contributed by atoms with E-state index in [9.17, 15) is 4.79 Å². The molecule has 6 nitrogen and oxygen atoms in total. The largest absolute Gasteiger partial charge is 0.465 e. The summed E-state index contributed by atoms with van der Waals surface area (Å²) in [5.41, 5.74) is 1.59. The summed E-state index contributed by atoms with van der Waals surface area (Å²) < 4.78 is 5.14. The molecular weight excluding hydrogens is 210 g/mol. The van der Waals surface area contributed by atoms with E-state index in [1.54, 1.807) is 18.3 Å². The van der Waals surface area contributed by atoms with Gasteiger partial charge in [0.05, 0.1) is 0 Å². The Kier molecular flexibility index (Phi) is 2.55. The molecular formula is C10H9N3O3. The maximum atomic E-state index is 10.4. The zero-order valence-corrected chi connectivity index (χ0v) is 8.47. The molecule has 2 rings (SSSR count). The number of nitrogens with zero attached hydrogens (tertiary/aromatic N) is 2. The molecule has 2 N–H and O–H groups in total. The zero-order chi connectivity index (χ0) is 11.5. The number of carboxylic acid groups (broad SMARTS) is 1. The van der Waals surface area contributed by atoms with Crippen LogP contribution in [0.4, 0.5) is 10.6 Å². The third-order valence-corrected chi connectivity index (χ3v) is 1.88. The Morgan fingerprint density at radius 2 is 2.38 bits per heavy atom. The van der Waals surface area contributed by atoms with Gasteiger partial charge in [0.15, 0.2) is 5.82 Å². The highest BCUT2D eigenvalue weighted by atomic mass is 16.4. The normalized spacial score (nSPS) is 10.1. The molecule has 0 aliphatic heterocycles. The smallest absolute Gasteiger partial charge is 0.410 e. The minimum absolute atomic E-state index is 0.164. The predicted molar refractivity (Wildman–Crippen MR) is 56.1 cm³/mol. The Morgan fingerprint density at radius 3 is 3.06 bits per heavy atom. The lowest BCUT2D eigenvalue weighted by Crippen LogP contribution is -2.07. The number of hydrogen-bond acceptors (Lipinski definition) is 4. The van der Waals surface area contributed by atoms with Crippen molar-refractivity contribution in [2.24, 2.45) is 0 Å². The molecule has 2 heterocycles. The number of rotatable bonds is 2. The molecule has 0 saturated heterocycles. The lowest BCUT2D eigenvalue weighted by molar-refractivity contribution is 0.209. The van der Waals surface area contributed by atoms with Gasteiger partial charge < -0.3 is 9.52 Å². The second-order valence-corrected chi connectivity index (χ2v) is 3.15. The van der Waals surface area contributed by atoms with E-state index < -0.39 is 6.09 Å². The molecule has 0 bridgehead atoms. The molecule has 0 spiro atoms. The predicted octanol–water partition coefficient (Wildman–Crippen LogP) is 2.13. The van der Waals surface area contributed by atoms with E-state index >= 15 is 0 Å². The quantitative estimate of drug-likeness (QED) is 0.807. The van der Waals surface area contributed by atoms with Crippen molar-refractivity contribution < 1.29 is 14.3 Å². The first-order chi connectivity index (χ1) is 7.65. The van der Waals surface area contributed by atoms with Gasteiger partial charge in [0.2, 0.25) is 5.89 Å². The maximum absolute atomic E-state index is 10.4. The zero-order valence-electron chi connectivity index (χ0n) is 8.47. The van der Waals surface area contributed by atoms with Crippen molar-refractivity contribution in [2.75, 3.05) is 5.32 Å². The molecule has 2 aromatic rings. The minimum Gasteiger partial charge on any atom is -0.465 e. The Bertz CT molecular complexity index is 522. The van der Waals surface area contributed by atoms with Gasteiger partial charge in [-0.15, -0.1) is 0 Å². The van der Waals surface area contributed by atoms with Gasteiger partial charge >= 0.3 is 6.09 Å². The monoisotopic (exact) mass is 219 g/mol. The van der Waals surface area contributed by atoms with E-state index in [-0.39, 0.29) is 5.82 Å². The molecule has 0 radical (unpaired) electrons. The van der Waals surface area contributed by atoms with Crippen LogP contribution in [0.15, 0.2) is 29.0 Å². The lowest BCUT2D eigenvalue weighted by Gasteiger charge is -1.95. The fourth-order valence-corrected chi connectivity index (χ4v) is 1.25. The number of amides is 1. The summed E-state index contributed by atoms with van der Waals surface area (Å²) in [5.74, 6) is 0.520. The van der Waals surface area contributed by atoms with Crippen molar-refractivity contribution in [1.29, 1.82) is 0 Å². The van der Waals surface area contributed by atoms with Gasteiger partial charge in [-0.1, -0.05) is 0 Å². The third kappa shape index (κ3) is 2.17. The van der Waals surface area contributed by atoms with Crippen LogP contribution < -0.4 is 5.32 Å². The SMILES string of the molecule is Cc1cc(-c2nc(NC(=O)O)co2)ccn1. The average molecular weight is 219 g/mol. The van der Waals surface area contributed by atoms with Gasteiger partial charge in [0, 0.05) is 17.5 Å². The third-order valence-electron chi connectivity index (χ3n) is 1.88. The van der Waals surface area contributed by atoms with Crippen molar-refractivity contribution >= 4 is 11.9 Å². The van der Waals surface area contributed by atoms with Crippen LogP contribution in [0.1, 0.15) is 5.69 Å². The summed E-state index contributed by atoms with van der Waals surface area (Å²) in [7, 11) is 0. The Morgan fingerprint density at radius 1 is 1.56 bits per heavy atom. The molecule has 0 aliphatic rings.